The van der Waals surface area contributed by atoms with E-state index in [9.17, 15) is 0 Å². The zero-order valence-electron chi connectivity index (χ0n) is 8.75. The first-order valence-electron chi connectivity index (χ1n) is 4.88. The molecule has 1 aromatic carbocycles. The molecule has 0 radical (unpaired) electrons. The Balaban J connectivity index is 2.73. The topological polar surface area (TPSA) is 49.8 Å². The van der Waals surface area contributed by atoms with Crippen LogP contribution < -0.4 is 5.73 Å². The molecule has 1 rings (SSSR count). The third-order valence-corrected chi connectivity index (χ3v) is 2.30. The lowest BCUT2D eigenvalue weighted by Crippen LogP contribution is -2.15. The molecular weight excluding hydrogens is 172 g/mol. The lowest BCUT2D eigenvalue weighted by atomic mass is 10.0. The number of nitrogens with zero attached hydrogens (tertiary/aromatic N) is 1. The smallest absolute Gasteiger partial charge is 0.0994 e. The number of aryl methyl sites for hydroxylation is 2. The van der Waals surface area contributed by atoms with Crippen LogP contribution in [0, 0.1) is 18.3 Å². The standard InChI is InChI=1S/C12H16N2/c1-9-7-11(4-3-10(2)14)5-6-12(9)8-13/h5-7,10H,3-4,14H2,1-2H3/t10-/m0/s1. The largest absolute Gasteiger partial charge is 0.328 e. The van der Waals surface area contributed by atoms with Gasteiger partial charge in [-0.05, 0) is 43.9 Å². The van der Waals surface area contributed by atoms with Gasteiger partial charge in [-0.1, -0.05) is 12.1 Å². The second kappa shape index (κ2) is 4.78. The minimum Gasteiger partial charge on any atom is -0.328 e. The highest BCUT2D eigenvalue weighted by Gasteiger charge is 2.00. The Hall–Kier alpha value is -1.33. The molecule has 0 aliphatic carbocycles. The number of nitrogens with two attached hydrogens (primary N) is 1. The molecule has 0 amide bonds. The Morgan fingerprint density at radius 2 is 2.21 bits per heavy atom. The number of rotatable bonds is 3. The molecule has 0 spiro atoms. The first-order chi connectivity index (χ1) is 6.63. The van der Waals surface area contributed by atoms with Crippen LogP contribution in [0.3, 0.4) is 0 Å². The van der Waals surface area contributed by atoms with Crippen molar-refractivity contribution >= 4 is 0 Å². The van der Waals surface area contributed by atoms with Gasteiger partial charge in [0.1, 0.15) is 0 Å². The average molecular weight is 188 g/mol. The molecular formula is C12H16N2. The highest BCUT2D eigenvalue weighted by molar-refractivity contribution is 5.39. The van der Waals surface area contributed by atoms with E-state index in [1.54, 1.807) is 0 Å². The molecule has 0 heterocycles. The fourth-order valence-electron chi connectivity index (χ4n) is 1.40. The summed E-state index contributed by atoms with van der Waals surface area (Å²) in [6, 6.07) is 8.36. The van der Waals surface area contributed by atoms with E-state index in [4.69, 9.17) is 11.0 Å². The van der Waals surface area contributed by atoms with Crippen molar-refractivity contribution in [3.05, 3.63) is 34.9 Å². The van der Waals surface area contributed by atoms with Crippen molar-refractivity contribution in [2.45, 2.75) is 32.7 Å². The molecule has 0 aromatic heterocycles. The second-order valence-corrected chi connectivity index (χ2v) is 3.78. The molecule has 0 saturated heterocycles. The van der Waals surface area contributed by atoms with E-state index in [0.717, 1.165) is 24.0 Å². The van der Waals surface area contributed by atoms with E-state index in [1.165, 1.54) is 5.56 Å². The van der Waals surface area contributed by atoms with Crippen LogP contribution in [0.1, 0.15) is 30.0 Å². The fraction of sp³-hybridized carbons (Fsp3) is 0.417. The van der Waals surface area contributed by atoms with Gasteiger partial charge in [0.05, 0.1) is 11.6 Å². The third-order valence-electron chi connectivity index (χ3n) is 2.30. The molecule has 0 bridgehead atoms. The molecule has 0 saturated carbocycles. The molecule has 2 nitrogen and oxygen atoms in total. The van der Waals surface area contributed by atoms with Crippen LogP contribution in [-0.2, 0) is 6.42 Å². The minimum absolute atomic E-state index is 0.242. The molecule has 0 unspecified atom stereocenters. The molecule has 0 aliphatic heterocycles. The van der Waals surface area contributed by atoms with Crippen molar-refractivity contribution < 1.29 is 0 Å². The van der Waals surface area contributed by atoms with Crippen LogP contribution in [0.5, 0.6) is 0 Å². The van der Waals surface area contributed by atoms with Crippen molar-refractivity contribution in [2.75, 3.05) is 0 Å². The fourth-order valence-corrected chi connectivity index (χ4v) is 1.40. The van der Waals surface area contributed by atoms with Gasteiger partial charge in [-0.2, -0.15) is 5.26 Å². The summed E-state index contributed by atoms with van der Waals surface area (Å²) in [6.07, 6.45) is 1.98. The molecule has 0 aliphatic rings. The monoisotopic (exact) mass is 188 g/mol. The van der Waals surface area contributed by atoms with Crippen LogP contribution >= 0.6 is 0 Å². The molecule has 1 atom stereocenters. The first-order valence-corrected chi connectivity index (χ1v) is 4.88. The molecule has 14 heavy (non-hydrogen) atoms. The molecule has 2 N–H and O–H groups in total. The van der Waals surface area contributed by atoms with Crippen molar-refractivity contribution in [3.8, 4) is 6.07 Å². The van der Waals surface area contributed by atoms with E-state index in [0.29, 0.717) is 0 Å². The van der Waals surface area contributed by atoms with Crippen molar-refractivity contribution in [1.29, 1.82) is 5.26 Å². The Labute approximate surface area is 85.4 Å². The minimum atomic E-state index is 0.242. The molecule has 0 fully saturated rings. The second-order valence-electron chi connectivity index (χ2n) is 3.78. The quantitative estimate of drug-likeness (QED) is 0.790. The summed E-state index contributed by atoms with van der Waals surface area (Å²) in [7, 11) is 0. The van der Waals surface area contributed by atoms with Gasteiger partial charge in [0.25, 0.3) is 0 Å². The Bertz CT molecular complexity index is 348. The Kier molecular flexibility index (Phi) is 3.67. The van der Waals surface area contributed by atoms with Gasteiger partial charge in [0.2, 0.25) is 0 Å². The lowest BCUT2D eigenvalue weighted by Gasteiger charge is -2.06. The molecule has 1 aromatic rings. The van der Waals surface area contributed by atoms with Gasteiger partial charge in [-0.3, -0.25) is 0 Å². The highest BCUT2D eigenvalue weighted by atomic mass is 14.6. The SMILES string of the molecule is Cc1cc(CC[C@H](C)N)ccc1C#N. The maximum atomic E-state index is 8.76. The zero-order valence-corrected chi connectivity index (χ0v) is 8.75. The maximum absolute atomic E-state index is 8.76. The van der Waals surface area contributed by atoms with Crippen LogP contribution in [0.4, 0.5) is 0 Å². The van der Waals surface area contributed by atoms with Crippen LogP contribution in [-0.4, -0.2) is 6.04 Å². The van der Waals surface area contributed by atoms with Gasteiger partial charge in [0.15, 0.2) is 0 Å². The number of benzene rings is 1. The summed E-state index contributed by atoms with van der Waals surface area (Å²) < 4.78 is 0. The van der Waals surface area contributed by atoms with Gasteiger partial charge in [-0.25, -0.2) is 0 Å². The van der Waals surface area contributed by atoms with Crippen LogP contribution in [0.25, 0.3) is 0 Å². The Morgan fingerprint density at radius 1 is 1.50 bits per heavy atom. The van der Waals surface area contributed by atoms with Crippen LogP contribution in [0.2, 0.25) is 0 Å². The summed E-state index contributed by atoms with van der Waals surface area (Å²) in [4.78, 5) is 0. The highest BCUT2D eigenvalue weighted by Crippen LogP contribution is 2.12. The van der Waals surface area contributed by atoms with E-state index >= 15 is 0 Å². The lowest BCUT2D eigenvalue weighted by molar-refractivity contribution is 0.666. The number of nitriles is 1. The van der Waals surface area contributed by atoms with Gasteiger partial charge in [-0.15, -0.1) is 0 Å². The van der Waals surface area contributed by atoms with Crippen molar-refractivity contribution in [2.24, 2.45) is 5.73 Å². The summed E-state index contributed by atoms with van der Waals surface area (Å²) in [5, 5.41) is 8.76. The van der Waals surface area contributed by atoms with E-state index in [-0.39, 0.29) is 6.04 Å². The number of hydrogen-bond donors (Lipinski definition) is 1. The summed E-state index contributed by atoms with van der Waals surface area (Å²) in [5.41, 5.74) is 8.75. The number of hydrogen-bond acceptors (Lipinski definition) is 2. The molecule has 2 heteroatoms. The average Bonchev–Trinajstić information content (AvgIpc) is 2.15. The maximum Gasteiger partial charge on any atom is 0.0994 e. The molecule has 74 valence electrons. The van der Waals surface area contributed by atoms with E-state index in [1.807, 2.05) is 26.0 Å². The van der Waals surface area contributed by atoms with Gasteiger partial charge in [0, 0.05) is 6.04 Å². The summed E-state index contributed by atoms with van der Waals surface area (Å²) in [5.74, 6) is 0. The van der Waals surface area contributed by atoms with Gasteiger partial charge >= 0.3 is 0 Å². The third kappa shape index (κ3) is 2.86. The van der Waals surface area contributed by atoms with Gasteiger partial charge < -0.3 is 5.73 Å². The zero-order chi connectivity index (χ0) is 10.6. The van der Waals surface area contributed by atoms with Crippen LogP contribution in [0.15, 0.2) is 18.2 Å². The predicted molar refractivity (Wildman–Crippen MR) is 57.9 cm³/mol. The van der Waals surface area contributed by atoms with E-state index < -0.39 is 0 Å². The van der Waals surface area contributed by atoms with Crippen molar-refractivity contribution in [3.63, 3.8) is 0 Å². The predicted octanol–water partition coefficient (Wildman–Crippen LogP) is 2.15. The van der Waals surface area contributed by atoms with Crippen molar-refractivity contribution in [1.82, 2.24) is 0 Å². The Morgan fingerprint density at radius 3 is 2.71 bits per heavy atom. The van der Waals surface area contributed by atoms with E-state index in [2.05, 4.69) is 12.1 Å². The summed E-state index contributed by atoms with van der Waals surface area (Å²) in [6.45, 7) is 3.98. The first kappa shape index (κ1) is 10.7. The summed E-state index contributed by atoms with van der Waals surface area (Å²) >= 11 is 0. The normalized spacial score (nSPS) is 12.1.